The van der Waals surface area contributed by atoms with Crippen molar-refractivity contribution in [1.29, 1.82) is 0 Å². The molecule has 0 saturated carbocycles. The van der Waals surface area contributed by atoms with Crippen LogP contribution in [0.2, 0.25) is 0 Å². The van der Waals surface area contributed by atoms with E-state index in [2.05, 4.69) is 30.8 Å². The molecule has 1 aliphatic rings. The molecule has 19 heteroatoms. The van der Waals surface area contributed by atoms with Gasteiger partial charge >= 0.3 is 0 Å². The molecule has 52 heavy (non-hydrogen) atoms. The number of hydrogen-bond donors (Lipinski definition) is 8. The lowest BCUT2D eigenvalue weighted by molar-refractivity contribution is -0.470. The largest absolute Gasteiger partial charge is 0.505 e. The Hall–Kier alpha value is -4.64. The van der Waals surface area contributed by atoms with Gasteiger partial charge in [0.2, 0.25) is 0 Å². The summed E-state index contributed by atoms with van der Waals surface area (Å²) in [7, 11) is -7.16. The molecule has 1 saturated heterocycles. The van der Waals surface area contributed by atoms with Crippen molar-refractivity contribution in [3.8, 4) is 5.75 Å². The van der Waals surface area contributed by atoms with Crippen molar-refractivity contribution in [2.45, 2.75) is 34.2 Å². The van der Waals surface area contributed by atoms with E-state index in [9.17, 15) is 38.5 Å². The number of anilines is 1. The minimum absolute atomic E-state index is 0.0750. The summed E-state index contributed by atoms with van der Waals surface area (Å²) >= 11 is 0. The van der Waals surface area contributed by atoms with Crippen LogP contribution < -0.4 is 5.32 Å². The van der Waals surface area contributed by atoms with Crippen molar-refractivity contribution in [3.05, 3.63) is 84.9 Å². The van der Waals surface area contributed by atoms with E-state index in [4.69, 9.17) is 13.8 Å². The quantitative estimate of drug-likeness (QED) is 0.0440. The summed E-state index contributed by atoms with van der Waals surface area (Å²) in [6.07, 6.45) is -5.19. The lowest BCUT2D eigenvalue weighted by atomic mass is 10.0. The summed E-state index contributed by atoms with van der Waals surface area (Å²) in [6.45, 7) is -1.10. The molecule has 4 atom stereocenters. The van der Waals surface area contributed by atoms with Gasteiger partial charge in [-0.2, -0.15) is 13.5 Å². The first-order chi connectivity index (χ1) is 24.8. The zero-order valence-corrected chi connectivity index (χ0v) is 28.7. The van der Waals surface area contributed by atoms with Crippen molar-refractivity contribution in [3.63, 3.8) is 0 Å². The van der Waals surface area contributed by atoms with Crippen LogP contribution in [0.5, 0.6) is 5.75 Å². The summed E-state index contributed by atoms with van der Waals surface area (Å²) in [5.41, 5.74) is 1.40. The molecule has 17 nitrogen and oxygen atoms in total. The lowest BCUT2D eigenvalue weighted by Gasteiger charge is -2.41. The molecule has 0 bridgehead atoms. The maximum Gasteiger partial charge on any atom is 0.294 e. The van der Waals surface area contributed by atoms with Crippen LogP contribution in [-0.2, 0) is 23.8 Å². The number of rotatable bonds is 13. The van der Waals surface area contributed by atoms with Crippen molar-refractivity contribution in [2.24, 2.45) is 20.5 Å². The Morgan fingerprint density at radius 1 is 0.769 bits per heavy atom. The maximum absolute atomic E-state index is 12.1. The highest BCUT2D eigenvalue weighted by atomic mass is 32.3. The van der Waals surface area contributed by atoms with E-state index in [0.29, 0.717) is 32.7 Å². The number of aliphatic hydroxyl groups excluding tert-OH is 5. The van der Waals surface area contributed by atoms with Gasteiger partial charge in [0, 0.05) is 34.6 Å². The molecule has 1 aliphatic heterocycles. The second-order valence-corrected chi connectivity index (χ2v) is 15.4. The Morgan fingerprint density at radius 3 is 2.10 bits per heavy atom. The Bertz CT molecular complexity index is 2270. The average Bonchev–Trinajstić information content (AvgIpc) is 3.13. The van der Waals surface area contributed by atoms with Crippen LogP contribution >= 0.6 is 10.6 Å². The first-order valence-corrected chi connectivity index (χ1v) is 18.7. The van der Waals surface area contributed by atoms with Gasteiger partial charge in [0.25, 0.3) is 10.1 Å². The van der Waals surface area contributed by atoms with Gasteiger partial charge in [-0.05, 0) is 65.0 Å². The number of nitrogens with zero attached hydrogens (tertiary/aromatic N) is 4. The molecule has 0 spiro atoms. The number of nitrogens with one attached hydrogen (secondary N) is 1. The molecule has 5 aromatic carbocycles. The van der Waals surface area contributed by atoms with Crippen molar-refractivity contribution < 1.29 is 57.3 Å². The van der Waals surface area contributed by atoms with Crippen LogP contribution in [0, 0.1) is 0 Å². The number of phenolic OH excluding ortho intramolecular Hbond substituents is 1. The fraction of sp³-hybridized carbons (Fsp3) is 0.212. The molecule has 6 rings (SSSR count). The Morgan fingerprint density at radius 2 is 1.44 bits per heavy atom. The summed E-state index contributed by atoms with van der Waals surface area (Å²) in [5, 5.41) is 86.8. The molecule has 4 unspecified atom stereocenters. The average molecular weight is 756 g/mol. The molecular weight excluding hydrogens is 723 g/mol. The molecule has 0 radical (unpaired) electrons. The van der Waals surface area contributed by atoms with Gasteiger partial charge in [0.15, 0.2) is 11.4 Å². The molecular formula is C33H33N5O12S2. The van der Waals surface area contributed by atoms with Gasteiger partial charge in [0.05, 0.1) is 39.6 Å². The van der Waals surface area contributed by atoms with Crippen molar-refractivity contribution in [1.82, 2.24) is 0 Å². The van der Waals surface area contributed by atoms with Gasteiger partial charge in [0.1, 0.15) is 18.3 Å². The monoisotopic (exact) mass is 755 g/mol. The third-order valence-electron chi connectivity index (χ3n) is 8.14. The van der Waals surface area contributed by atoms with Crippen LogP contribution in [0.4, 0.5) is 28.4 Å². The number of azo groups is 2. The number of phenols is 1. The molecule has 274 valence electrons. The summed E-state index contributed by atoms with van der Waals surface area (Å²) in [5.74, 6) is -0.356. The zero-order chi connectivity index (χ0) is 37.2. The zero-order valence-electron chi connectivity index (χ0n) is 27.1. The highest BCUT2D eigenvalue weighted by Crippen LogP contribution is 2.66. The topological polar surface area (TPSA) is 265 Å². The minimum atomic E-state index is -4.61. The molecule has 8 N–H and O–H groups in total. The van der Waals surface area contributed by atoms with Gasteiger partial charge in [-0.3, -0.25) is 4.55 Å². The van der Waals surface area contributed by atoms with Crippen LogP contribution in [0.15, 0.2) is 115 Å². The van der Waals surface area contributed by atoms with Crippen LogP contribution in [0.3, 0.4) is 0 Å². The standard InChI is InChI=1S/C33H33N5O12S2/c1-51(49-48-50-51)29-13-18-7-8-20(34-16-27(40)32(43)33(44)28(41)17-39)14-23(18)31(42)30(29)38-37-26-12-11-25(36-35-19-5-3-2-4-6-19)22-10-9-21(15-24(22)26)52(45,46)47/h2-15,27-28,32-34,39-44H,16-17H2,1H3,(H,45,46,47). The van der Waals surface area contributed by atoms with E-state index in [1.807, 2.05) is 6.07 Å². The molecule has 0 aliphatic carbocycles. The van der Waals surface area contributed by atoms with E-state index in [0.717, 1.165) is 0 Å². The number of aliphatic hydroxyl groups is 5. The van der Waals surface area contributed by atoms with Gasteiger partial charge in [-0.1, -0.05) is 49.6 Å². The predicted octanol–water partition coefficient (Wildman–Crippen LogP) is 5.14. The first-order valence-electron chi connectivity index (χ1n) is 15.4. The van der Waals surface area contributed by atoms with Gasteiger partial charge < -0.3 is 36.0 Å². The molecule has 0 amide bonds. The number of benzene rings is 5. The first kappa shape index (κ1) is 37.1. The van der Waals surface area contributed by atoms with E-state index in [-0.39, 0.29) is 34.4 Å². The van der Waals surface area contributed by atoms with E-state index < -0.39 is 56.6 Å². The van der Waals surface area contributed by atoms with E-state index in [1.165, 1.54) is 30.3 Å². The Labute approximate surface area is 297 Å². The third-order valence-corrected chi connectivity index (χ3v) is 10.7. The lowest BCUT2D eigenvalue weighted by Crippen LogP contribution is -2.47. The Kier molecular flexibility index (Phi) is 10.8. The fourth-order valence-electron chi connectivity index (χ4n) is 5.26. The van der Waals surface area contributed by atoms with Crippen molar-refractivity contribution in [2.75, 3.05) is 24.7 Å². The summed E-state index contributed by atoms with van der Waals surface area (Å²) < 4.78 is 44.5. The number of fused-ring (bicyclic) bond motifs is 2. The number of hydrogen-bond acceptors (Lipinski definition) is 16. The fourth-order valence-corrected chi connectivity index (χ4v) is 6.97. The highest BCUT2D eigenvalue weighted by molar-refractivity contribution is 8.25. The SMILES string of the molecule is CS1(c2cc3ccc(NCC(O)C(O)C(O)C(O)CO)cc3c(O)c2N=Nc2ccc(N=Nc3ccccc3)c3ccc(S(=O)(=O)O)cc23)OOO1. The normalized spacial score (nSPS) is 17.6. The highest BCUT2D eigenvalue weighted by Gasteiger charge is 2.36. The maximum atomic E-state index is 12.1. The van der Waals surface area contributed by atoms with Crippen LogP contribution in [0.25, 0.3) is 21.5 Å². The third kappa shape index (κ3) is 7.74. The van der Waals surface area contributed by atoms with Crippen LogP contribution in [0.1, 0.15) is 0 Å². The van der Waals surface area contributed by atoms with Gasteiger partial charge in [-0.25, -0.2) is 0 Å². The second-order valence-electron chi connectivity index (χ2n) is 11.7. The summed E-state index contributed by atoms with van der Waals surface area (Å²) in [6, 6.07) is 22.4. The van der Waals surface area contributed by atoms with E-state index in [1.54, 1.807) is 54.8 Å². The van der Waals surface area contributed by atoms with Crippen LogP contribution in [-0.4, -0.2) is 87.4 Å². The minimum Gasteiger partial charge on any atom is -0.505 e. The smallest absolute Gasteiger partial charge is 0.294 e. The molecule has 1 fully saturated rings. The van der Waals surface area contributed by atoms with Crippen molar-refractivity contribution >= 4 is 70.7 Å². The van der Waals surface area contributed by atoms with Gasteiger partial charge in [-0.15, -0.1) is 15.3 Å². The number of aromatic hydroxyl groups is 1. The van der Waals surface area contributed by atoms with E-state index >= 15 is 0 Å². The molecule has 5 aromatic rings. The predicted molar refractivity (Wildman–Crippen MR) is 189 cm³/mol. The molecule has 1 heterocycles. The summed E-state index contributed by atoms with van der Waals surface area (Å²) in [4.78, 5) is -0.107. The Balaban J connectivity index is 1.39. The molecule has 0 aromatic heterocycles. The second kappa shape index (κ2) is 15.1.